The fourth-order valence-corrected chi connectivity index (χ4v) is 5.57. The highest BCUT2D eigenvalue weighted by atomic mass is 28.4. The Kier molecular flexibility index (Phi) is 10.1. The second kappa shape index (κ2) is 10.3. The van der Waals surface area contributed by atoms with Crippen LogP contribution in [-0.4, -0.2) is 20.2 Å². The van der Waals surface area contributed by atoms with E-state index in [0.29, 0.717) is 18.6 Å². The van der Waals surface area contributed by atoms with Gasteiger partial charge in [0.05, 0.1) is 6.10 Å². The molecule has 3 heteroatoms. The van der Waals surface area contributed by atoms with Crippen LogP contribution in [0.4, 0.5) is 0 Å². The van der Waals surface area contributed by atoms with Gasteiger partial charge in [-0.1, -0.05) is 47.1 Å². The van der Waals surface area contributed by atoms with E-state index >= 15 is 0 Å². The van der Waals surface area contributed by atoms with Gasteiger partial charge in [-0.25, -0.2) is 0 Å². The molecule has 2 atom stereocenters. The molecule has 0 spiro atoms. The highest BCUT2D eigenvalue weighted by Gasteiger charge is 2.32. The van der Waals surface area contributed by atoms with E-state index in [1.54, 1.807) is 0 Å². The fraction of sp³-hybridized carbons (Fsp3) is 0.824. The summed E-state index contributed by atoms with van der Waals surface area (Å²) in [7, 11) is -1.61. The van der Waals surface area contributed by atoms with Crippen molar-refractivity contribution in [3.8, 4) is 0 Å². The molecule has 0 rings (SSSR count). The van der Waals surface area contributed by atoms with Crippen LogP contribution in [0.2, 0.25) is 18.1 Å². The minimum atomic E-state index is -1.61. The molecule has 0 aliphatic heterocycles. The van der Waals surface area contributed by atoms with Crippen molar-refractivity contribution in [2.45, 2.75) is 84.5 Å². The maximum Gasteiger partial charge on any atom is 0.192 e. The summed E-state index contributed by atoms with van der Waals surface area (Å²) in [5.41, 5.74) is 0. The molecule has 0 unspecified atom stereocenters. The molecular weight excluding hydrogens is 264 g/mol. The summed E-state index contributed by atoms with van der Waals surface area (Å²) in [6, 6.07) is 3.45. The molecule has 20 heavy (non-hydrogen) atoms. The predicted octanol–water partition coefficient (Wildman–Crippen LogP) is 5.35. The summed E-state index contributed by atoms with van der Waals surface area (Å²) in [6.45, 7) is 14.7. The normalized spacial score (nSPS) is 14.8. The van der Waals surface area contributed by atoms with Crippen molar-refractivity contribution in [2.75, 3.05) is 0 Å². The van der Waals surface area contributed by atoms with Crippen LogP contribution in [0.25, 0.3) is 0 Å². The topological polar surface area (TPSA) is 26.3 Å². The number of ketones is 1. The number of Topliss-reactive ketones (excluding diaryl/α,β-unsaturated/α-hetero) is 1. The lowest BCUT2D eigenvalue weighted by molar-refractivity contribution is -0.121. The first kappa shape index (κ1) is 19.6. The van der Waals surface area contributed by atoms with Crippen LogP contribution < -0.4 is 0 Å². The first-order valence-electron chi connectivity index (χ1n) is 8.28. The van der Waals surface area contributed by atoms with Crippen LogP contribution in [0.15, 0.2) is 12.7 Å². The molecule has 0 fully saturated rings. The molecule has 0 aromatic carbocycles. The quantitative estimate of drug-likeness (QED) is 0.359. The standard InChI is InChI=1S/C17H34O2Si/c1-7-12-17(14-16(18)13-15(6)8-2)19-20(9-3,10-4)11-5/h8,15,17H,2,7,9-14H2,1,3-6H3/t15-,17+/m0/s1. The van der Waals surface area contributed by atoms with Crippen molar-refractivity contribution in [3.05, 3.63) is 12.7 Å². The Hall–Kier alpha value is -0.413. The summed E-state index contributed by atoms with van der Waals surface area (Å²) in [4.78, 5) is 12.1. The van der Waals surface area contributed by atoms with Gasteiger partial charge >= 0.3 is 0 Å². The Labute approximate surface area is 127 Å². The van der Waals surface area contributed by atoms with Crippen LogP contribution in [-0.2, 0) is 9.22 Å². The Morgan fingerprint density at radius 3 is 2.10 bits per heavy atom. The monoisotopic (exact) mass is 298 g/mol. The second-order valence-corrected chi connectivity index (χ2v) is 10.7. The summed E-state index contributed by atoms with van der Waals surface area (Å²) >= 11 is 0. The summed E-state index contributed by atoms with van der Waals surface area (Å²) in [5.74, 6) is 0.595. The molecule has 0 aliphatic rings. The van der Waals surface area contributed by atoms with Gasteiger partial charge in [-0.15, -0.1) is 6.58 Å². The lowest BCUT2D eigenvalue weighted by Gasteiger charge is -2.33. The highest BCUT2D eigenvalue weighted by molar-refractivity contribution is 6.73. The third-order valence-electron chi connectivity index (χ3n) is 4.37. The van der Waals surface area contributed by atoms with Gasteiger partial charge in [0.15, 0.2) is 8.32 Å². The highest BCUT2D eigenvalue weighted by Crippen LogP contribution is 2.26. The predicted molar refractivity (Wildman–Crippen MR) is 90.6 cm³/mol. The van der Waals surface area contributed by atoms with Gasteiger partial charge in [0.2, 0.25) is 0 Å². The van der Waals surface area contributed by atoms with E-state index in [2.05, 4.69) is 34.3 Å². The zero-order valence-corrected chi connectivity index (χ0v) is 15.2. The zero-order chi connectivity index (χ0) is 15.6. The largest absolute Gasteiger partial charge is 0.414 e. The van der Waals surface area contributed by atoms with Crippen LogP contribution >= 0.6 is 0 Å². The van der Waals surface area contributed by atoms with E-state index in [1.165, 1.54) is 0 Å². The zero-order valence-electron chi connectivity index (χ0n) is 14.2. The molecule has 0 saturated heterocycles. The first-order valence-corrected chi connectivity index (χ1v) is 10.8. The van der Waals surface area contributed by atoms with E-state index in [9.17, 15) is 4.79 Å². The molecule has 0 radical (unpaired) electrons. The summed E-state index contributed by atoms with van der Waals surface area (Å²) < 4.78 is 6.50. The lowest BCUT2D eigenvalue weighted by Crippen LogP contribution is -2.40. The molecule has 0 saturated carbocycles. The molecule has 0 aromatic heterocycles. The summed E-state index contributed by atoms with van der Waals surface area (Å²) in [5, 5.41) is 0. The van der Waals surface area contributed by atoms with Crippen LogP contribution in [0, 0.1) is 5.92 Å². The van der Waals surface area contributed by atoms with Crippen LogP contribution in [0.3, 0.4) is 0 Å². The Morgan fingerprint density at radius 2 is 1.70 bits per heavy atom. The lowest BCUT2D eigenvalue weighted by atomic mass is 10.00. The molecule has 0 N–H and O–H groups in total. The minimum absolute atomic E-state index is 0.135. The molecule has 0 aromatic rings. The molecule has 0 heterocycles. The third-order valence-corrected chi connectivity index (χ3v) is 9.07. The molecule has 0 amide bonds. The van der Waals surface area contributed by atoms with E-state index < -0.39 is 8.32 Å². The smallest absolute Gasteiger partial charge is 0.192 e. The molecular formula is C17H34O2Si. The number of carbonyl (C=O) groups is 1. The van der Waals surface area contributed by atoms with Gasteiger partial charge in [-0.2, -0.15) is 0 Å². The molecule has 118 valence electrons. The minimum Gasteiger partial charge on any atom is -0.414 e. The average Bonchev–Trinajstić information content (AvgIpc) is 2.44. The Morgan fingerprint density at radius 1 is 1.15 bits per heavy atom. The van der Waals surface area contributed by atoms with E-state index in [1.807, 2.05) is 13.0 Å². The average molecular weight is 299 g/mol. The van der Waals surface area contributed by atoms with Gasteiger partial charge in [0.1, 0.15) is 5.78 Å². The van der Waals surface area contributed by atoms with Crippen LogP contribution in [0.1, 0.15) is 60.3 Å². The van der Waals surface area contributed by atoms with Crippen LogP contribution in [0.5, 0.6) is 0 Å². The Balaban J connectivity index is 4.63. The number of carbonyl (C=O) groups excluding carboxylic acids is 1. The molecule has 0 aliphatic carbocycles. The number of allylic oxidation sites excluding steroid dienone is 1. The van der Waals surface area contributed by atoms with Gasteiger partial charge in [-0.05, 0) is 30.5 Å². The van der Waals surface area contributed by atoms with Crippen molar-refractivity contribution < 1.29 is 9.22 Å². The van der Waals surface area contributed by atoms with E-state index in [0.717, 1.165) is 31.0 Å². The maximum absolute atomic E-state index is 12.1. The van der Waals surface area contributed by atoms with E-state index in [4.69, 9.17) is 4.43 Å². The van der Waals surface area contributed by atoms with Gasteiger partial charge in [-0.3, -0.25) is 4.79 Å². The van der Waals surface area contributed by atoms with Crippen molar-refractivity contribution in [2.24, 2.45) is 5.92 Å². The van der Waals surface area contributed by atoms with Crippen molar-refractivity contribution >= 4 is 14.1 Å². The molecule has 2 nitrogen and oxygen atoms in total. The number of hydrogen-bond acceptors (Lipinski definition) is 2. The fourth-order valence-electron chi connectivity index (χ4n) is 2.66. The molecule has 0 bridgehead atoms. The number of rotatable bonds is 12. The Bertz CT molecular complexity index is 276. The van der Waals surface area contributed by atoms with E-state index in [-0.39, 0.29) is 12.0 Å². The van der Waals surface area contributed by atoms with Gasteiger partial charge in [0.25, 0.3) is 0 Å². The van der Waals surface area contributed by atoms with Gasteiger partial charge in [0, 0.05) is 12.8 Å². The second-order valence-electron chi connectivity index (χ2n) is 5.93. The number of hydrogen-bond donors (Lipinski definition) is 0. The summed E-state index contributed by atoms with van der Waals surface area (Å²) in [6.07, 6.45) is 5.26. The van der Waals surface area contributed by atoms with Crippen molar-refractivity contribution in [3.63, 3.8) is 0 Å². The van der Waals surface area contributed by atoms with Crippen molar-refractivity contribution in [1.82, 2.24) is 0 Å². The maximum atomic E-state index is 12.1. The third kappa shape index (κ3) is 6.85. The van der Waals surface area contributed by atoms with Gasteiger partial charge < -0.3 is 4.43 Å². The first-order chi connectivity index (χ1) is 9.46. The SMILES string of the molecule is C=C[C@H](C)CC(=O)C[C@@H](CCC)O[Si](CC)(CC)CC. The van der Waals surface area contributed by atoms with Crippen molar-refractivity contribution in [1.29, 1.82) is 0 Å².